The first-order valence-electron chi connectivity index (χ1n) is 5.33. The molecule has 0 atom stereocenters. The van der Waals surface area contributed by atoms with Crippen LogP contribution in [0.25, 0.3) is 0 Å². The molecule has 0 fully saturated rings. The van der Waals surface area contributed by atoms with Crippen molar-refractivity contribution < 1.29 is 0 Å². The number of hydrogen-bond acceptors (Lipinski definition) is 2. The zero-order valence-electron chi connectivity index (χ0n) is 9.60. The fourth-order valence-corrected chi connectivity index (χ4v) is 1.86. The minimum Gasteiger partial charge on any atom is -0.384 e. The van der Waals surface area contributed by atoms with Crippen molar-refractivity contribution in [1.29, 1.82) is 0 Å². The first kappa shape index (κ1) is 12.5. The van der Waals surface area contributed by atoms with Crippen molar-refractivity contribution >= 4 is 21.6 Å². The van der Waals surface area contributed by atoms with Gasteiger partial charge in [-0.25, -0.2) is 0 Å². The average Bonchev–Trinajstić information content (AvgIpc) is 2.14. The standard InChI is InChI=1S/C12H19BrN2/c1-9(2)14-6-7-15-12-5-4-11(13)8-10(12)3/h4-5,8-9,14-15H,6-7H2,1-3H3. The summed E-state index contributed by atoms with van der Waals surface area (Å²) in [6.45, 7) is 8.38. The lowest BCUT2D eigenvalue weighted by atomic mass is 10.2. The molecule has 0 amide bonds. The van der Waals surface area contributed by atoms with Gasteiger partial charge in [0.15, 0.2) is 0 Å². The van der Waals surface area contributed by atoms with E-state index in [1.807, 2.05) is 0 Å². The molecule has 0 aliphatic heterocycles. The highest BCUT2D eigenvalue weighted by Crippen LogP contribution is 2.19. The van der Waals surface area contributed by atoms with Crippen molar-refractivity contribution in [2.24, 2.45) is 0 Å². The predicted octanol–water partition coefficient (Wildman–Crippen LogP) is 3.17. The minimum atomic E-state index is 0.554. The monoisotopic (exact) mass is 270 g/mol. The molecule has 0 bridgehead atoms. The Morgan fingerprint density at radius 2 is 2.00 bits per heavy atom. The number of aryl methyl sites for hydroxylation is 1. The van der Waals surface area contributed by atoms with E-state index < -0.39 is 0 Å². The molecule has 0 aliphatic rings. The normalized spacial score (nSPS) is 10.7. The molecule has 0 radical (unpaired) electrons. The number of nitrogens with one attached hydrogen (secondary N) is 2. The summed E-state index contributed by atoms with van der Waals surface area (Å²) in [5.41, 5.74) is 2.48. The SMILES string of the molecule is Cc1cc(Br)ccc1NCCNC(C)C. The number of anilines is 1. The highest BCUT2D eigenvalue weighted by molar-refractivity contribution is 9.10. The van der Waals surface area contributed by atoms with Crippen molar-refractivity contribution in [3.8, 4) is 0 Å². The van der Waals surface area contributed by atoms with Crippen molar-refractivity contribution in [3.05, 3.63) is 28.2 Å². The van der Waals surface area contributed by atoms with E-state index in [9.17, 15) is 0 Å². The van der Waals surface area contributed by atoms with E-state index in [1.54, 1.807) is 0 Å². The van der Waals surface area contributed by atoms with Gasteiger partial charge in [0.1, 0.15) is 0 Å². The Balaban J connectivity index is 2.37. The summed E-state index contributed by atoms with van der Waals surface area (Å²) in [7, 11) is 0. The Labute approximate surface area is 101 Å². The summed E-state index contributed by atoms with van der Waals surface area (Å²) in [5.74, 6) is 0. The lowest BCUT2D eigenvalue weighted by Gasteiger charge is -2.12. The van der Waals surface area contributed by atoms with Crippen LogP contribution in [0, 0.1) is 6.92 Å². The van der Waals surface area contributed by atoms with Gasteiger partial charge in [-0.1, -0.05) is 29.8 Å². The summed E-state index contributed by atoms with van der Waals surface area (Å²) < 4.78 is 1.13. The van der Waals surface area contributed by atoms with E-state index in [0.29, 0.717) is 6.04 Å². The molecule has 1 rings (SSSR count). The largest absolute Gasteiger partial charge is 0.384 e. The van der Waals surface area contributed by atoms with Crippen LogP contribution < -0.4 is 10.6 Å². The third-order valence-electron chi connectivity index (χ3n) is 2.18. The molecule has 15 heavy (non-hydrogen) atoms. The molecule has 2 N–H and O–H groups in total. The lowest BCUT2D eigenvalue weighted by molar-refractivity contribution is 0.602. The van der Waals surface area contributed by atoms with Crippen LogP contribution in [0.5, 0.6) is 0 Å². The molecule has 0 aromatic heterocycles. The van der Waals surface area contributed by atoms with E-state index in [-0.39, 0.29) is 0 Å². The lowest BCUT2D eigenvalue weighted by Crippen LogP contribution is -2.28. The zero-order valence-corrected chi connectivity index (χ0v) is 11.2. The van der Waals surface area contributed by atoms with E-state index >= 15 is 0 Å². The van der Waals surface area contributed by atoms with Gasteiger partial charge in [0.05, 0.1) is 0 Å². The first-order valence-corrected chi connectivity index (χ1v) is 6.12. The number of benzene rings is 1. The summed E-state index contributed by atoms with van der Waals surface area (Å²) in [6, 6.07) is 6.84. The van der Waals surface area contributed by atoms with Gasteiger partial charge < -0.3 is 10.6 Å². The number of hydrogen-bond donors (Lipinski definition) is 2. The molecular weight excluding hydrogens is 252 g/mol. The fourth-order valence-electron chi connectivity index (χ4n) is 1.38. The number of halogens is 1. The molecule has 2 nitrogen and oxygen atoms in total. The number of rotatable bonds is 5. The van der Waals surface area contributed by atoms with Gasteiger partial charge >= 0.3 is 0 Å². The summed E-state index contributed by atoms with van der Waals surface area (Å²) >= 11 is 3.46. The molecule has 84 valence electrons. The Kier molecular flexibility index (Phi) is 5.12. The van der Waals surface area contributed by atoms with Crippen LogP contribution in [-0.2, 0) is 0 Å². The van der Waals surface area contributed by atoms with E-state index in [2.05, 4.69) is 65.5 Å². The topological polar surface area (TPSA) is 24.1 Å². The second-order valence-electron chi connectivity index (χ2n) is 3.99. The maximum atomic E-state index is 3.46. The third kappa shape index (κ3) is 4.67. The molecule has 0 heterocycles. The predicted molar refractivity (Wildman–Crippen MR) is 70.5 cm³/mol. The van der Waals surface area contributed by atoms with E-state index in [1.165, 1.54) is 11.3 Å². The van der Waals surface area contributed by atoms with Gasteiger partial charge in [0.25, 0.3) is 0 Å². The minimum absolute atomic E-state index is 0.554. The highest BCUT2D eigenvalue weighted by Gasteiger charge is 1.98. The molecule has 0 unspecified atom stereocenters. The Morgan fingerprint density at radius 3 is 2.60 bits per heavy atom. The van der Waals surface area contributed by atoms with Crippen molar-refractivity contribution in [3.63, 3.8) is 0 Å². The summed E-state index contributed by atoms with van der Waals surface area (Å²) in [5, 5.41) is 6.79. The van der Waals surface area contributed by atoms with Crippen LogP contribution in [0.2, 0.25) is 0 Å². The first-order chi connectivity index (χ1) is 7.09. The van der Waals surface area contributed by atoms with Gasteiger partial charge in [0.2, 0.25) is 0 Å². The Hall–Kier alpha value is -0.540. The zero-order chi connectivity index (χ0) is 11.3. The van der Waals surface area contributed by atoms with Crippen LogP contribution in [0.4, 0.5) is 5.69 Å². The third-order valence-corrected chi connectivity index (χ3v) is 2.67. The fraction of sp³-hybridized carbons (Fsp3) is 0.500. The highest BCUT2D eigenvalue weighted by atomic mass is 79.9. The van der Waals surface area contributed by atoms with Crippen LogP contribution in [0.1, 0.15) is 19.4 Å². The Morgan fingerprint density at radius 1 is 1.27 bits per heavy atom. The van der Waals surface area contributed by atoms with Crippen LogP contribution in [0.15, 0.2) is 22.7 Å². The molecule has 1 aromatic carbocycles. The second-order valence-corrected chi connectivity index (χ2v) is 4.91. The molecule has 0 saturated carbocycles. The van der Waals surface area contributed by atoms with Crippen LogP contribution >= 0.6 is 15.9 Å². The maximum Gasteiger partial charge on any atom is 0.0371 e. The van der Waals surface area contributed by atoms with E-state index in [0.717, 1.165) is 17.6 Å². The van der Waals surface area contributed by atoms with Gasteiger partial charge in [-0.2, -0.15) is 0 Å². The van der Waals surface area contributed by atoms with Crippen LogP contribution in [0.3, 0.4) is 0 Å². The van der Waals surface area contributed by atoms with Gasteiger partial charge in [-0.3, -0.25) is 0 Å². The van der Waals surface area contributed by atoms with Gasteiger partial charge in [-0.05, 0) is 30.7 Å². The van der Waals surface area contributed by atoms with Gasteiger partial charge in [-0.15, -0.1) is 0 Å². The maximum absolute atomic E-state index is 3.46. The molecule has 0 spiro atoms. The van der Waals surface area contributed by atoms with E-state index in [4.69, 9.17) is 0 Å². The quantitative estimate of drug-likeness (QED) is 0.804. The van der Waals surface area contributed by atoms with Crippen molar-refractivity contribution in [2.75, 3.05) is 18.4 Å². The molecule has 3 heteroatoms. The van der Waals surface area contributed by atoms with Gasteiger partial charge in [0, 0.05) is 29.3 Å². The molecule has 0 aliphatic carbocycles. The Bertz CT molecular complexity index is 310. The van der Waals surface area contributed by atoms with Crippen LogP contribution in [-0.4, -0.2) is 19.1 Å². The molecule has 1 aromatic rings. The molecular formula is C12H19BrN2. The smallest absolute Gasteiger partial charge is 0.0371 e. The molecule has 0 saturated heterocycles. The summed E-state index contributed by atoms with van der Waals surface area (Å²) in [6.07, 6.45) is 0. The second kappa shape index (κ2) is 6.13. The van der Waals surface area contributed by atoms with Crippen molar-refractivity contribution in [2.45, 2.75) is 26.8 Å². The average molecular weight is 271 g/mol. The summed E-state index contributed by atoms with van der Waals surface area (Å²) in [4.78, 5) is 0. The van der Waals surface area contributed by atoms with Crippen molar-refractivity contribution in [1.82, 2.24) is 5.32 Å².